The third-order valence-electron chi connectivity index (χ3n) is 3.27. The molecule has 2 aromatic rings. The van der Waals surface area contributed by atoms with E-state index >= 15 is 0 Å². The van der Waals surface area contributed by atoms with Crippen LogP contribution in [0, 0.1) is 6.92 Å². The molecular formula is C16H21NS. The van der Waals surface area contributed by atoms with Gasteiger partial charge in [0.2, 0.25) is 0 Å². The average Bonchev–Trinajstić information content (AvgIpc) is 2.89. The zero-order chi connectivity index (χ0) is 12.8. The molecule has 1 aromatic carbocycles. The molecule has 0 fully saturated rings. The molecule has 0 spiro atoms. The van der Waals surface area contributed by atoms with E-state index < -0.39 is 0 Å². The normalized spacial score (nSPS) is 12.6. The topological polar surface area (TPSA) is 26.0 Å². The van der Waals surface area contributed by atoms with Crippen LogP contribution in [-0.4, -0.2) is 6.04 Å². The van der Waals surface area contributed by atoms with E-state index in [1.807, 2.05) is 11.3 Å². The number of nitrogens with two attached hydrogens (primary N) is 1. The molecule has 2 rings (SSSR count). The van der Waals surface area contributed by atoms with Crippen LogP contribution in [0.1, 0.15) is 28.8 Å². The molecule has 1 heterocycles. The number of rotatable bonds is 6. The number of hydrogen-bond acceptors (Lipinski definition) is 2. The summed E-state index contributed by atoms with van der Waals surface area (Å²) in [6.07, 6.45) is 4.37. The van der Waals surface area contributed by atoms with Gasteiger partial charge in [0.1, 0.15) is 0 Å². The smallest absolute Gasteiger partial charge is 0.00458 e. The van der Waals surface area contributed by atoms with E-state index in [1.54, 1.807) is 0 Å². The first-order chi connectivity index (χ1) is 8.74. The van der Waals surface area contributed by atoms with Gasteiger partial charge in [-0.25, -0.2) is 0 Å². The summed E-state index contributed by atoms with van der Waals surface area (Å²) in [5.41, 5.74) is 8.89. The summed E-state index contributed by atoms with van der Waals surface area (Å²) in [7, 11) is 0. The van der Waals surface area contributed by atoms with Crippen molar-refractivity contribution < 1.29 is 0 Å². The van der Waals surface area contributed by atoms with Crippen molar-refractivity contribution in [2.24, 2.45) is 5.73 Å². The third-order valence-corrected chi connectivity index (χ3v) is 4.20. The lowest BCUT2D eigenvalue weighted by molar-refractivity contribution is 0.571. The van der Waals surface area contributed by atoms with Gasteiger partial charge in [0, 0.05) is 10.9 Å². The Hall–Kier alpha value is -1.12. The van der Waals surface area contributed by atoms with E-state index in [0.717, 1.165) is 25.7 Å². The number of hydrogen-bond donors (Lipinski definition) is 1. The van der Waals surface area contributed by atoms with E-state index in [4.69, 9.17) is 5.73 Å². The highest BCUT2D eigenvalue weighted by Gasteiger charge is 2.04. The average molecular weight is 259 g/mol. The van der Waals surface area contributed by atoms with Gasteiger partial charge >= 0.3 is 0 Å². The molecule has 0 aliphatic rings. The summed E-state index contributed by atoms with van der Waals surface area (Å²) in [5, 5.41) is 2.13. The minimum atomic E-state index is 0.313. The van der Waals surface area contributed by atoms with Gasteiger partial charge in [-0.05, 0) is 49.6 Å². The van der Waals surface area contributed by atoms with Gasteiger partial charge in [-0.15, -0.1) is 11.3 Å². The largest absolute Gasteiger partial charge is 0.328 e. The van der Waals surface area contributed by atoms with Crippen LogP contribution in [0.5, 0.6) is 0 Å². The van der Waals surface area contributed by atoms with Crippen molar-refractivity contribution in [2.45, 2.75) is 38.6 Å². The van der Waals surface area contributed by atoms with Crippen molar-refractivity contribution in [3.63, 3.8) is 0 Å². The molecule has 0 saturated heterocycles. The Morgan fingerprint density at radius 2 is 1.78 bits per heavy atom. The Morgan fingerprint density at radius 1 is 1.06 bits per heavy atom. The van der Waals surface area contributed by atoms with Crippen molar-refractivity contribution in [2.75, 3.05) is 0 Å². The van der Waals surface area contributed by atoms with Crippen LogP contribution < -0.4 is 5.73 Å². The van der Waals surface area contributed by atoms with Crippen molar-refractivity contribution >= 4 is 11.3 Å². The fourth-order valence-corrected chi connectivity index (χ4v) is 2.76. The maximum atomic E-state index is 6.17. The predicted octanol–water partition coefficient (Wildman–Crippen LogP) is 3.95. The number of thiophene rings is 1. The molecule has 2 N–H and O–H groups in total. The molecule has 0 radical (unpaired) electrons. The van der Waals surface area contributed by atoms with E-state index in [0.29, 0.717) is 6.04 Å². The van der Waals surface area contributed by atoms with Gasteiger partial charge < -0.3 is 5.73 Å². The van der Waals surface area contributed by atoms with Crippen molar-refractivity contribution in [1.82, 2.24) is 0 Å². The Balaban J connectivity index is 1.71. The molecule has 18 heavy (non-hydrogen) atoms. The highest BCUT2D eigenvalue weighted by molar-refractivity contribution is 7.09. The van der Waals surface area contributed by atoms with Gasteiger partial charge in [0.15, 0.2) is 0 Å². The predicted molar refractivity (Wildman–Crippen MR) is 80.1 cm³/mol. The minimum absolute atomic E-state index is 0.313. The quantitative estimate of drug-likeness (QED) is 0.835. The highest BCUT2D eigenvalue weighted by atomic mass is 32.1. The van der Waals surface area contributed by atoms with Crippen molar-refractivity contribution in [3.05, 3.63) is 57.8 Å². The SMILES string of the molecule is Cc1ccc(CCC(N)CCc2cccs2)cc1. The van der Waals surface area contributed by atoms with E-state index in [1.165, 1.54) is 16.0 Å². The molecule has 1 aromatic heterocycles. The zero-order valence-electron chi connectivity index (χ0n) is 10.9. The standard InChI is InChI=1S/C16H21NS/c1-13-4-6-14(7-5-13)8-9-15(17)10-11-16-3-2-12-18-16/h2-7,12,15H,8-11,17H2,1H3. The van der Waals surface area contributed by atoms with E-state index in [9.17, 15) is 0 Å². The van der Waals surface area contributed by atoms with Crippen LogP contribution in [0.3, 0.4) is 0 Å². The molecule has 0 bridgehead atoms. The van der Waals surface area contributed by atoms with Crippen molar-refractivity contribution in [3.8, 4) is 0 Å². The summed E-state index contributed by atoms with van der Waals surface area (Å²) >= 11 is 1.83. The molecule has 96 valence electrons. The third kappa shape index (κ3) is 4.28. The second-order valence-corrected chi connectivity index (χ2v) is 5.93. The molecule has 0 saturated carbocycles. The molecule has 2 heteroatoms. The van der Waals surface area contributed by atoms with Gasteiger partial charge in [-0.3, -0.25) is 0 Å². The zero-order valence-corrected chi connectivity index (χ0v) is 11.7. The Labute approximate surface area is 114 Å². The Morgan fingerprint density at radius 3 is 2.44 bits per heavy atom. The van der Waals surface area contributed by atoms with Crippen LogP contribution in [0.4, 0.5) is 0 Å². The molecular weight excluding hydrogens is 238 g/mol. The van der Waals surface area contributed by atoms with E-state index in [2.05, 4.69) is 48.7 Å². The van der Waals surface area contributed by atoms with E-state index in [-0.39, 0.29) is 0 Å². The maximum absolute atomic E-state index is 6.17. The van der Waals surface area contributed by atoms with Gasteiger partial charge in [0.25, 0.3) is 0 Å². The summed E-state index contributed by atoms with van der Waals surface area (Å²) < 4.78 is 0. The Kier molecular flexibility index (Phi) is 4.97. The first-order valence-corrected chi connectivity index (χ1v) is 7.45. The molecule has 1 atom stereocenters. The second kappa shape index (κ2) is 6.72. The lowest BCUT2D eigenvalue weighted by atomic mass is 10.0. The first kappa shape index (κ1) is 13.3. The summed E-state index contributed by atoms with van der Waals surface area (Å²) in [5.74, 6) is 0. The molecule has 1 nitrogen and oxygen atoms in total. The van der Waals surface area contributed by atoms with Crippen LogP contribution in [0.15, 0.2) is 41.8 Å². The Bertz CT molecular complexity index is 444. The van der Waals surface area contributed by atoms with Crippen molar-refractivity contribution in [1.29, 1.82) is 0 Å². The molecule has 0 aliphatic carbocycles. The number of aryl methyl sites for hydroxylation is 3. The fourth-order valence-electron chi connectivity index (χ4n) is 2.03. The van der Waals surface area contributed by atoms with Crippen LogP contribution in [0.25, 0.3) is 0 Å². The first-order valence-electron chi connectivity index (χ1n) is 6.57. The van der Waals surface area contributed by atoms with Gasteiger partial charge in [-0.1, -0.05) is 35.9 Å². The molecule has 0 amide bonds. The second-order valence-electron chi connectivity index (χ2n) is 4.90. The van der Waals surface area contributed by atoms with Crippen LogP contribution >= 0.6 is 11.3 Å². The molecule has 1 unspecified atom stereocenters. The summed E-state index contributed by atoms with van der Waals surface area (Å²) in [6.45, 7) is 2.12. The maximum Gasteiger partial charge on any atom is 0.00458 e. The number of benzene rings is 1. The summed E-state index contributed by atoms with van der Waals surface area (Å²) in [6, 6.07) is 13.4. The van der Waals surface area contributed by atoms with Gasteiger partial charge in [-0.2, -0.15) is 0 Å². The van der Waals surface area contributed by atoms with Crippen LogP contribution in [-0.2, 0) is 12.8 Å². The fraction of sp³-hybridized carbons (Fsp3) is 0.375. The van der Waals surface area contributed by atoms with Gasteiger partial charge in [0.05, 0.1) is 0 Å². The minimum Gasteiger partial charge on any atom is -0.328 e. The highest BCUT2D eigenvalue weighted by Crippen LogP contribution is 2.14. The lowest BCUT2D eigenvalue weighted by Crippen LogP contribution is -2.21. The molecule has 0 aliphatic heterocycles. The van der Waals surface area contributed by atoms with Crippen LogP contribution in [0.2, 0.25) is 0 Å². The lowest BCUT2D eigenvalue weighted by Gasteiger charge is -2.10. The summed E-state index contributed by atoms with van der Waals surface area (Å²) in [4.78, 5) is 1.45. The monoisotopic (exact) mass is 259 g/mol.